The number of nitrogens with zero attached hydrogens (tertiary/aromatic N) is 2. The van der Waals surface area contributed by atoms with Crippen LogP contribution in [0.25, 0.3) is 11.0 Å². The van der Waals surface area contributed by atoms with Crippen LogP contribution in [0.5, 0.6) is 0 Å². The summed E-state index contributed by atoms with van der Waals surface area (Å²) in [6.07, 6.45) is 0. The molecule has 0 bridgehead atoms. The Labute approximate surface area is 154 Å². The summed E-state index contributed by atoms with van der Waals surface area (Å²) in [5, 5.41) is 4.98. The molecule has 0 spiro atoms. The number of benzene rings is 2. The van der Waals surface area contributed by atoms with Crippen LogP contribution < -0.4 is 16.3 Å². The van der Waals surface area contributed by atoms with E-state index in [1.165, 1.54) is 23.6 Å². The molecule has 0 saturated carbocycles. The van der Waals surface area contributed by atoms with Gasteiger partial charge in [0.1, 0.15) is 12.4 Å². The van der Waals surface area contributed by atoms with Crippen LogP contribution in [0.4, 0.5) is 15.8 Å². The van der Waals surface area contributed by atoms with Gasteiger partial charge in [0.15, 0.2) is 0 Å². The van der Waals surface area contributed by atoms with Gasteiger partial charge in [0.05, 0.1) is 16.7 Å². The molecule has 0 atom stereocenters. The van der Waals surface area contributed by atoms with E-state index in [-0.39, 0.29) is 17.9 Å². The largest absolute Gasteiger partial charge is 0.329 e. The number of halogens is 1. The summed E-state index contributed by atoms with van der Waals surface area (Å²) in [6.45, 7) is 3.44. The van der Waals surface area contributed by atoms with Gasteiger partial charge in [0.25, 0.3) is 0 Å². The van der Waals surface area contributed by atoms with Crippen molar-refractivity contribution >= 4 is 34.2 Å². The number of aromatic nitrogens is 2. The van der Waals surface area contributed by atoms with Gasteiger partial charge in [-0.05, 0) is 37.3 Å². The molecule has 0 fully saturated rings. The Morgan fingerprint density at radius 2 is 1.70 bits per heavy atom. The lowest BCUT2D eigenvalue weighted by Gasteiger charge is -2.09. The van der Waals surface area contributed by atoms with Crippen LogP contribution >= 0.6 is 0 Å². The average molecular weight is 370 g/mol. The first-order valence-corrected chi connectivity index (χ1v) is 8.45. The van der Waals surface area contributed by atoms with Crippen LogP contribution in [-0.2, 0) is 22.7 Å². The maximum Gasteiger partial charge on any atom is 0.329 e. The topological polar surface area (TPSA) is 85.1 Å². The van der Waals surface area contributed by atoms with Crippen molar-refractivity contribution in [1.82, 2.24) is 9.13 Å². The van der Waals surface area contributed by atoms with Gasteiger partial charge in [-0.1, -0.05) is 12.1 Å². The standard InChI is InChI=1S/C19H19FN4O3/c1-3-23-16-6-4-5-7-17(16)24(19(23)27)11-18(26)22-13-8-9-14(20)15(10-13)21-12(2)25/h4-10H,3,11H2,1-2H3,(H,21,25)(H,22,26). The Morgan fingerprint density at radius 3 is 2.33 bits per heavy atom. The fourth-order valence-electron chi connectivity index (χ4n) is 2.96. The van der Waals surface area contributed by atoms with Gasteiger partial charge >= 0.3 is 5.69 Å². The van der Waals surface area contributed by atoms with Gasteiger partial charge in [0.2, 0.25) is 11.8 Å². The molecule has 0 aliphatic carbocycles. The second-order valence-corrected chi connectivity index (χ2v) is 6.03. The summed E-state index contributed by atoms with van der Waals surface area (Å²) in [7, 11) is 0. The number of hydrogen-bond donors (Lipinski definition) is 2. The number of rotatable bonds is 5. The minimum atomic E-state index is -0.606. The summed E-state index contributed by atoms with van der Waals surface area (Å²) in [4.78, 5) is 36.1. The molecule has 0 saturated heterocycles. The Kier molecular flexibility index (Phi) is 5.07. The summed E-state index contributed by atoms with van der Waals surface area (Å²) in [5.74, 6) is -1.46. The molecule has 2 N–H and O–H groups in total. The van der Waals surface area contributed by atoms with Gasteiger partial charge in [-0.15, -0.1) is 0 Å². The molecule has 1 aromatic heterocycles. The van der Waals surface area contributed by atoms with E-state index in [4.69, 9.17) is 0 Å². The zero-order valence-electron chi connectivity index (χ0n) is 15.0. The highest BCUT2D eigenvalue weighted by Gasteiger charge is 2.15. The number of imidazole rings is 1. The van der Waals surface area contributed by atoms with E-state index >= 15 is 0 Å². The van der Waals surface area contributed by atoms with Gasteiger partial charge < -0.3 is 10.6 Å². The van der Waals surface area contributed by atoms with Crippen molar-refractivity contribution < 1.29 is 14.0 Å². The minimum Gasteiger partial charge on any atom is -0.324 e. The smallest absolute Gasteiger partial charge is 0.324 e. The van der Waals surface area contributed by atoms with E-state index < -0.39 is 17.6 Å². The van der Waals surface area contributed by atoms with Crippen LogP contribution in [0.1, 0.15) is 13.8 Å². The van der Waals surface area contributed by atoms with Gasteiger partial charge in [-0.2, -0.15) is 0 Å². The van der Waals surface area contributed by atoms with Gasteiger partial charge in [0, 0.05) is 19.2 Å². The predicted molar refractivity (Wildman–Crippen MR) is 101 cm³/mol. The van der Waals surface area contributed by atoms with Gasteiger partial charge in [-0.3, -0.25) is 18.7 Å². The molecular weight excluding hydrogens is 351 g/mol. The Hall–Kier alpha value is -3.42. The predicted octanol–water partition coefficient (Wildman–Crippen LogP) is 2.56. The first-order chi connectivity index (χ1) is 12.9. The van der Waals surface area contributed by atoms with Crippen molar-refractivity contribution in [2.24, 2.45) is 0 Å². The number of aryl methyl sites for hydroxylation is 1. The highest BCUT2D eigenvalue weighted by Crippen LogP contribution is 2.20. The molecular formula is C19H19FN4O3. The number of amides is 2. The van der Waals surface area contributed by atoms with Crippen molar-refractivity contribution in [2.45, 2.75) is 26.9 Å². The molecule has 2 amide bonds. The molecule has 140 valence electrons. The Morgan fingerprint density at radius 1 is 1.04 bits per heavy atom. The third-order valence-corrected chi connectivity index (χ3v) is 4.10. The number of anilines is 2. The van der Waals surface area contributed by atoms with Gasteiger partial charge in [-0.25, -0.2) is 9.18 Å². The summed E-state index contributed by atoms with van der Waals surface area (Å²) in [5.41, 5.74) is 1.44. The zero-order valence-corrected chi connectivity index (χ0v) is 15.0. The van der Waals surface area contributed by atoms with E-state index in [1.807, 2.05) is 19.1 Å². The highest BCUT2D eigenvalue weighted by atomic mass is 19.1. The monoisotopic (exact) mass is 370 g/mol. The third-order valence-electron chi connectivity index (χ3n) is 4.10. The van der Waals surface area contributed by atoms with E-state index in [9.17, 15) is 18.8 Å². The maximum atomic E-state index is 13.7. The van der Waals surface area contributed by atoms with Crippen molar-refractivity contribution in [3.8, 4) is 0 Å². The molecule has 3 rings (SSSR count). The lowest BCUT2D eigenvalue weighted by Crippen LogP contribution is -2.29. The van der Waals surface area contributed by atoms with Crippen molar-refractivity contribution in [1.29, 1.82) is 0 Å². The molecule has 0 aliphatic rings. The van der Waals surface area contributed by atoms with Crippen molar-refractivity contribution in [3.63, 3.8) is 0 Å². The molecule has 0 radical (unpaired) electrons. The van der Waals surface area contributed by atoms with E-state index in [0.29, 0.717) is 17.7 Å². The Balaban J connectivity index is 1.85. The first-order valence-electron chi connectivity index (χ1n) is 8.45. The second-order valence-electron chi connectivity index (χ2n) is 6.03. The molecule has 1 heterocycles. The quantitative estimate of drug-likeness (QED) is 0.724. The molecule has 27 heavy (non-hydrogen) atoms. The fraction of sp³-hybridized carbons (Fsp3) is 0.211. The average Bonchev–Trinajstić information content (AvgIpc) is 2.89. The molecule has 7 nitrogen and oxygen atoms in total. The minimum absolute atomic E-state index is 0.0277. The summed E-state index contributed by atoms with van der Waals surface area (Å²) in [6, 6.07) is 11.1. The van der Waals surface area contributed by atoms with E-state index in [0.717, 1.165) is 11.6 Å². The highest BCUT2D eigenvalue weighted by molar-refractivity contribution is 5.94. The maximum absolute atomic E-state index is 13.7. The van der Waals surface area contributed by atoms with Crippen LogP contribution in [-0.4, -0.2) is 20.9 Å². The molecule has 0 unspecified atom stereocenters. The number of nitrogens with one attached hydrogen (secondary N) is 2. The number of hydrogen-bond acceptors (Lipinski definition) is 3. The number of carbonyl (C=O) groups is 2. The molecule has 2 aromatic carbocycles. The molecule has 0 aliphatic heterocycles. The summed E-state index contributed by atoms with van der Waals surface area (Å²) < 4.78 is 16.7. The van der Waals surface area contributed by atoms with Crippen LogP contribution in [0, 0.1) is 5.82 Å². The van der Waals surface area contributed by atoms with Crippen LogP contribution in [0.3, 0.4) is 0 Å². The zero-order chi connectivity index (χ0) is 19.6. The van der Waals surface area contributed by atoms with Crippen molar-refractivity contribution in [2.75, 3.05) is 10.6 Å². The normalized spacial score (nSPS) is 10.8. The third kappa shape index (κ3) is 3.74. The molecule has 8 heteroatoms. The lowest BCUT2D eigenvalue weighted by molar-refractivity contribution is -0.117. The van der Waals surface area contributed by atoms with E-state index in [1.54, 1.807) is 16.7 Å². The number of fused-ring (bicyclic) bond motifs is 1. The lowest BCUT2D eigenvalue weighted by atomic mass is 10.2. The summed E-state index contributed by atoms with van der Waals surface area (Å²) >= 11 is 0. The second kappa shape index (κ2) is 7.45. The number of carbonyl (C=O) groups excluding carboxylic acids is 2. The number of para-hydroxylation sites is 2. The Bertz CT molecular complexity index is 1080. The van der Waals surface area contributed by atoms with Crippen LogP contribution in [0.15, 0.2) is 47.3 Å². The van der Waals surface area contributed by atoms with Crippen LogP contribution in [0.2, 0.25) is 0 Å². The first kappa shape index (κ1) is 18.4. The van der Waals surface area contributed by atoms with E-state index in [2.05, 4.69) is 10.6 Å². The SMILES string of the molecule is CCn1c(=O)n(CC(=O)Nc2ccc(F)c(NC(C)=O)c2)c2ccccc21. The van der Waals surface area contributed by atoms with Crippen molar-refractivity contribution in [3.05, 3.63) is 58.8 Å². The fourth-order valence-corrected chi connectivity index (χ4v) is 2.96. The molecule has 3 aromatic rings.